The summed E-state index contributed by atoms with van der Waals surface area (Å²) in [5, 5.41) is 1.15. The number of ether oxygens (including phenoxy) is 2. The Morgan fingerprint density at radius 3 is 2.00 bits per heavy atom. The van der Waals surface area contributed by atoms with Gasteiger partial charge in [0.1, 0.15) is 11.5 Å². The largest absolute Gasteiger partial charge is 0.497 e. The van der Waals surface area contributed by atoms with E-state index in [1.165, 1.54) is 56.9 Å². The van der Waals surface area contributed by atoms with Crippen LogP contribution in [0.1, 0.15) is 56.9 Å². The molecule has 0 amide bonds. The highest BCUT2D eigenvalue weighted by molar-refractivity contribution is 9.09. The number of unbranched alkanes of at least 4 members (excludes halogenated alkanes) is 7. The maximum absolute atomic E-state index is 5.42. The van der Waals surface area contributed by atoms with Crippen LogP contribution in [0.15, 0.2) is 18.2 Å². The number of halogens is 1. The molecular weight excluding hydrogens is 328 g/mol. The standard InChI is InChI=1S/C18H29BrO2/c1-20-17-12-13-18(21-2)16(15-17)11-9-7-5-3-4-6-8-10-14-19/h12-13,15H,3-11,14H2,1-2H3. The SMILES string of the molecule is COc1ccc(OC)c(CCCCCCCCCCBr)c1. The van der Waals surface area contributed by atoms with Crippen LogP contribution in [0.4, 0.5) is 0 Å². The highest BCUT2D eigenvalue weighted by Crippen LogP contribution is 2.25. The second-order valence-electron chi connectivity index (χ2n) is 5.45. The summed E-state index contributed by atoms with van der Waals surface area (Å²) >= 11 is 3.48. The molecule has 0 bridgehead atoms. The zero-order valence-corrected chi connectivity index (χ0v) is 15.1. The van der Waals surface area contributed by atoms with Gasteiger partial charge < -0.3 is 9.47 Å². The molecule has 0 unspecified atom stereocenters. The lowest BCUT2D eigenvalue weighted by Crippen LogP contribution is -1.94. The third-order valence-corrected chi connectivity index (χ3v) is 4.38. The van der Waals surface area contributed by atoms with Crippen LogP contribution in [-0.4, -0.2) is 19.5 Å². The van der Waals surface area contributed by atoms with E-state index in [9.17, 15) is 0 Å². The lowest BCUT2D eigenvalue weighted by Gasteiger charge is -2.10. The van der Waals surface area contributed by atoms with Crippen molar-refractivity contribution in [2.75, 3.05) is 19.5 Å². The molecule has 1 rings (SSSR count). The normalized spacial score (nSPS) is 10.6. The molecule has 0 saturated heterocycles. The van der Waals surface area contributed by atoms with E-state index >= 15 is 0 Å². The third kappa shape index (κ3) is 7.75. The van der Waals surface area contributed by atoms with Crippen LogP contribution >= 0.6 is 15.9 Å². The Labute approximate surface area is 138 Å². The van der Waals surface area contributed by atoms with Gasteiger partial charge in [-0.1, -0.05) is 54.5 Å². The van der Waals surface area contributed by atoms with Gasteiger partial charge in [-0.25, -0.2) is 0 Å². The molecule has 0 aromatic heterocycles. The first kappa shape index (κ1) is 18.3. The van der Waals surface area contributed by atoms with Gasteiger partial charge in [0.25, 0.3) is 0 Å². The van der Waals surface area contributed by atoms with Gasteiger partial charge in [-0.2, -0.15) is 0 Å². The number of rotatable bonds is 12. The molecule has 0 heterocycles. The highest BCUT2D eigenvalue weighted by atomic mass is 79.9. The van der Waals surface area contributed by atoms with E-state index in [2.05, 4.69) is 22.0 Å². The van der Waals surface area contributed by atoms with Crippen LogP contribution in [0.5, 0.6) is 11.5 Å². The Balaban J connectivity index is 2.17. The Morgan fingerprint density at radius 1 is 0.810 bits per heavy atom. The first-order chi connectivity index (χ1) is 10.3. The minimum Gasteiger partial charge on any atom is -0.497 e. The summed E-state index contributed by atoms with van der Waals surface area (Å²) in [6.45, 7) is 0. The van der Waals surface area contributed by atoms with E-state index in [1.807, 2.05) is 12.1 Å². The molecule has 120 valence electrons. The Bertz CT molecular complexity index is 379. The highest BCUT2D eigenvalue weighted by Gasteiger charge is 2.04. The van der Waals surface area contributed by atoms with Gasteiger partial charge >= 0.3 is 0 Å². The maximum atomic E-state index is 5.42. The summed E-state index contributed by atoms with van der Waals surface area (Å²) in [6.07, 6.45) is 11.8. The topological polar surface area (TPSA) is 18.5 Å². The van der Waals surface area contributed by atoms with Crippen LogP contribution in [0.3, 0.4) is 0 Å². The fourth-order valence-corrected chi connectivity index (χ4v) is 2.94. The lowest BCUT2D eigenvalue weighted by atomic mass is 10.0. The average Bonchev–Trinajstić information content (AvgIpc) is 2.53. The molecule has 0 aliphatic rings. The van der Waals surface area contributed by atoms with Crippen molar-refractivity contribution in [2.24, 2.45) is 0 Å². The molecule has 1 aromatic carbocycles. The predicted octanol–water partition coefficient (Wildman–Crippen LogP) is 5.76. The van der Waals surface area contributed by atoms with E-state index in [0.717, 1.165) is 23.2 Å². The van der Waals surface area contributed by atoms with Crippen molar-refractivity contribution in [2.45, 2.75) is 57.8 Å². The molecule has 0 atom stereocenters. The average molecular weight is 357 g/mol. The third-order valence-electron chi connectivity index (χ3n) is 3.82. The molecule has 0 fully saturated rings. The van der Waals surface area contributed by atoms with E-state index in [1.54, 1.807) is 14.2 Å². The van der Waals surface area contributed by atoms with Crippen molar-refractivity contribution in [3.63, 3.8) is 0 Å². The van der Waals surface area contributed by atoms with E-state index in [4.69, 9.17) is 9.47 Å². The second kappa shape index (κ2) is 11.9. The summed E-state index contributed by atoms with van der Waals surface area (Å²) in [6, 6.07) is 6.05. The summed E-state index contributed by atoms with van der Waals surface area (Å²) in [5.41, 5.74) is 1.26. The number of hydrogen-bond donors (Lipinski definition) is 0. The molecule has 21 heavy (non-hydrogen) atoms. The number of hydrogen-bond acceptors (Lipinski definition) is 2. The Hall–Kier alpha value is -0.700. The minimum absolute atomic E-state index is 0.914. The molecule has 1 aromatic rings. The van der Waals surface area contributed by atoms with Crippen molar-refractivity contribution in [1.82, 2.24) is 0 Å². The number of alkyl halides is 1. The first-order valence-electron chi connectivity index (χ1n) is 8.08. The van der Waals surface area contributed by atoms with Crippen molar-refractivity contribution < 1.29 is 9.47 Å². The monoisotopic (exact) mass is 356 g/mol. The van der Waals surface area contributed by atoms with Gasteiger partial charge in [-0.05, 0) is 43.0 Å². The van der Waals surface area contributed by atoms with E-state index in [0.29, 0.717) is 0 Å². The van der Waals surface area contributed by atoms with Crippen molar-refractivity contribution in [3.05, 3.63) is 23.8 Å². The van der Waals surface area contributed by atoms with Gasteiger partial charge in [-0.3, -0.25) is 0 Å². The van der Waals surface area contributed by atoms with Gasteiger partial charge in [0.05, 0.1) is 14.2 Å². The fraction of sp³-hybridized carbons (Fsp3) is 0.667. The molecule has 2 nitrogen and oxygen atoms in total. The smallest absolute Gasteiger partial charge is 0.122 e. The van der Waals surface area contributed by atoms with Gasteiger partial charge in [0.2, 0.25) is 0 Å². The maximum Gasteiger partial charge on any atom is 0.122 e. The molecule has 0 aliphatic carbocycles. The van der Waals surface area contributed by atoms with Crippen LogP contribution in [0.25, 0.3) is 0 Å². The zero-order valence-electron chi connectivity index (χ0n) is 13.5. The van der Waals surface area contributed by atoms with Crippen LogP contribution in [-0.2, 0) is 6.42 Å². The van der Waals surface area contributed by atoms with Crippen LogP contribution in [0.2, 0.25) is 0 Å². The summed E-state index contributed by atoms with van der Waals surface area (Å²) in [4.78, 5) is 0. The quantitative estimate of drug-likeness (QED) is 0.350. The fourth-order valence-electron chi connectivity index (χ4n) is 2.55. The Kier molecular flexibility index (Phi) is 10.4. The molecule has 0 saturated carbocycles. The minimum atomic E-state index is 0.914. The first-order valence-corrected chi connectivity index (χ1v) is 9.21. The lowest BCUT2D eigenvalue weighted by molar-refractivity contribution is 0.398. The van der Waals surface area contributed by atoms with Crippen molar-refractivity contribution >= 4 is 15.9 Å². The zero-order chi connectivity index (χ0) is 15.3. The van der Waals surface area contributed by atoms with Gasteiger partial charge in [-0.15, -0.1) is 0 Å². The van der Waals surface area contributed by atoms with Crippen molar-refractivity contribution in [1.29, 1.82) is 0 Å². The number of benzene rings is 1. The summed E-state index contributed by atoms with van der Waals surface area (Å²) < 4.78 is 10.7. The molecule has 0 N–H and O–H groups in total. The van der Waals surface area contributed by atoms with Crippen molar-refractivity contribution in [3.8, 4) is 11.5 Å². The second-order valence-corrected chi connectivity index (χ2v) is 6.24. The van der Waals surface area contributed by atoms with E-state index in [-0.39, 0.29) is 0 Å². The van der Waals surface area contributed by atoms with Gasteiger partial charge in [0.15, 0.2) is 0 Å². The predicted molar refractivity (Wildman–Crippen MR) is 94.0 cm³/mol. The Morgan fingerprint density at radius 2 is 1.43 bits per heavy atom. The number of methoxy groups -OCH3 is 2. The molecular formula is C18H29BrO2. The van der Waals surface area contributed by atoms with Gasteiger partial charge in [0, 0.05) is 5.33 Å². The summed E-state index contributed by atoms with van der Waals surface area (Å²) in [7, 11) is 3.44. The molecule has 0 radical (unpaired) electrons. The molecule has 3 heteroatoms. The number of aryl methyl sites for hydroxylation is 1. The van der Waals surface area contributed by atoms with Crippen LogP contribution < -0.4 is 9.47 Å². The van der Waals surface area contributed by atoms with E-state index < -0.39 is 0 Å². The summed E-state index contributed by atoms with van der Waals surface area (Å²) in [5.74, 6) is 1.89. The molecule has 0 aliphatic heterocycles. The van der Waals surface area contributed by atoms with Crippen LogP contribution in [0, 0.1) is 0 Å². The molecule has 0 spiro atoms.